The van der Waals surface area contributed by atoms with Crippen LogP contribution in [0.1, 0.15) is 28.4 Å². The second kappa shape index (κ2) is 6.59. The highest BCUT2D eigenvalue weighted by atomic mass is 79.9. The van der Waals surface area contributed by atoms with Gasteiger partial charge < -0.3 is 4.74 Å². The van der Waals surface area contributed by atoms with Crippen molar-refractivity contribution in [2.75, 3.05) is 6.61 Å². The van der Waals surface area contributed by atoms with Crippen LogP contribution in [-0.2, 0) is 0 Å². The lowest BCUT2D eigenvalue weighted by Crippen LogP contribution is -2.01. The lowest BCUT2D eigenvalue weighted by atomic mass is 10.0. The highest BCUT2D eigenvalue weighted by Crippen LogP contribution is 2.40. The molecule has 0 saturated carbocycles. The normalized spacial score (nSPS) is 12.2. The first-order chi connectivity index (χ1) is 9.54. The fourth-order valence-corrected chi connectivity index (χ4v) is 3.14. The van der Waals surface area contributed by atoms with Crippen molar-refractivity contribution in [3.05, 3.63) is 63.9 Å². The summed E-state index contributed by atoms with van der Waals surface area (Å²) in [5.41, 5.74) is 2.75. The number of halogens is 3. The zero-order valence-electron chi connectivity index (χ0n) is 11.3. The van der Waals surface area contributed by atoms with Gasteiger partial charge in [0.15, 0.2) is 0 Å². The third-order valence-electron chi connectivity index (χ3n) is 2.99. The van der Waals surface area contributed by atoms with Gasteiger partial charge in [-0.25, -0.2) is 4.39 Å². The van der Waals surface area contributed by atoms with Crippen molar-refractivity contribution in [2.24, 2.45) is 0 Å². The molecule has 4 heteroatoms. The van der Waals surface area contributed by atoms with E-state index < -0.39 is 5.82 Å². The lowest BCUT2D eigenvalue weighted by Gasteiger charge is -2.17. The van der Waals surface area contributed by atoms with E-state index in [1.54, 1.807) is 6.07 Å². The van der Waals surface area contributed by atoms with E-state index in [0.717, 1.165) is 16.9 Å². The molecule has 1 unspecified atom stereocenters. The molecule has 0 aliphatic heterocycles. The topological polar surface area (TPSA) is 9.23 Å². The quantitative estimate of drug-likeness (QED) is 0.641. The van der Waals surface area contributed by atoms with E-state index in [0.29, 0.717) is 12.2 Å². The van der Waals surface area contributed by atoms with Crippen molar-refractivity contribution in [3.63, 3.8) is 0 Å². The Balaban J connectivity index is 2.49. The molecule has 2 aromatic rings. The van der Waals surface area contributed by atoms with E-state index in [9.17, 15) is 4.39 Å². The van der Waals surface area contributed by atoms with E-state index in [-0.39, 0.29) is 9.85 Å². The summed E-state index contributed by atoms with van der Waals surface area (Å²) >= 11 is 9.66. The predicted molar refractivity (Wildman–Crippen MR) is 84.5 cm³/mol. The summed E-state index contributed by atoms with van der Waals surface area (Å²) in [5.74, 6) is 0.361. The minimum atomic E-state index is -0.417. The predicted octanol–water partition coefficient (Wildman–Crippen LogP) is 5.67. The number of hydrogen-bond donors (Lipinski definition) is 0. The average Bonchev–Trinajstić information content (AvgIpc) is 2.43. The molecule has 0 bridgehead atoms. The minimum absolute atomic E-state index is 0.137. The van der Waals surface area contributed by atoms with Crippen molar-refractivity contribution in [2.45, 2.75) is 18.7 Å². The molecular formula is C16H15BrClFO. The average molecular weight is 358 g/mol. The molecule has 106 valence electrons. The molecule has 0 saturated heterocycles. The smallest absolute Gasteiger partial charge is 0.142 e. The monoisotopic (exact) mass is 356 g/mol. The summed E-state index contributed by atoms with van der Waals surface area (Å²) in [6.07, 6.45) is 0. The van der Waals surface area contributed by atoms with Gasteiger partial charge in [-0.2, -0.15) is 0 Å². The summed E-state index contributed by atoms with van der Waals surface area (Å²) < 4.78 is 19.2. The van der Waals surface area contributed by atoms with Crippen molar-refractivity contribution >= 4 is 27.5 Å². The molecule has 0 spiro atoms. The van der Waals surface area contributed by atoms with Gasteiger partial charge in [0.2, 0.25) is 0 Å². The first kappa shape index (κ1) is 15.3. The van der Waals surface area contributed by atoms with Gasteiger partial charge in [-0.1, -0.05) is 57.4 Å². The van der Waals surface area contributed by atoms with Crippen molar-refractivity contribution in [1.82, 2.24) is 0 Å². The van der Waals surface area contributed by atoms with Gasteiger partial charge in [-0.15, -0.1) is 0 Å². The van der Waals surface area contributed by atoms with Gasteiger partial charge in [-0.05, 0) is 31.5 Å². The van der Waals surface area contributed by atoms with Gasteiger partial charge in [-0.3, -0.25) is 0 Å². The zero-order valence-corrected chi connectivity index (χ0v) is 13.6. The van der Waals surface area contributed by atoms with Crippen LogP contribution in [0.15, 0.2) is 36.4 Å². The molecule has 0 heterocycles. The number of rotatable bonds is 4. The maximum Gasteiger partial charge on any atom is 0.142 e. The van der Waals surface area contributed by atoms with E-state index in [1.807, 2.05) is 38.1 Å². The number of ether oxygens (including phenoxy) is 1. The van der Waals surface area contributed by atoms with Gasteiger partial charge in [0.1, 0.15) is 11.6 Å². The summed E-state index contributed by atoms with van der Waals surface area (Å²) in [6, 6.07) is 10.7. The zero-order chi connectivity index (χ0) is 14.7. The SMILES string of the molecule is CCOc1ccc(C)cc1C(Br)c1cccc(F)c1Cl. The third-order valence-corrected chi connectivity index (χ3v) is 4.38. The largest absolute Gasteiger partial charge is 0.494 e. The fraction of sp³-hybridized carbons (Fsp3) is 0.250. The molecule has 0 radical (unpaired) electrons. The van der Waals surface area contributed by atoms with Crippen LogP contribution in [0.3, 0.4) is 0 Å². The lowest BCUT2D eigenvalue weighted by molar-refractivity contribution is 0.337. The molecule has 0 aliphatic rings. The molecule has 0 aliphatic carbocycles. The molecule has 0 aromatic heterocycles. The van der Waals surface area contributed by atoms with Crippen molar-refractivity contribution < 1.29 is 9.13 Å². The first-order valence-corrected chi connectivity index (χ1v) is 7.65. The summed E-state index contributed by atoms with van der Waals surface area (Å²) in [5, 5.41) is 0.137. The number of aryl methyl sites for hydroxylation is 1. The van der Waals surface area contributed by atoms with Crippen LogP contribution in [0, 0.1) is 12.7 Å². The molecule has 1 atom stereocenters. The van der Waals surface area contributed by atoms with Crippen molar-refractivity contribution in [1.29, 1.82) is 0 Å². The van der Waals surface area contributed by atoms with Crippen LogP contribution in [0.25, 0.3) is 0 Å². The third kappa shape index (κ3) is 3.15. The molecule has 2 aromatic carbocycles. The maximum atomic E-state index is 13.6. The van der Waals surface area contributed by atoms with Crippen LogP contribution in [0.2, 0.25) is 5.02 Å². The van der Waals surface area contributed by atoms with Gasteiger partial charge >= 0.3 is 0 Å². The molecule has 2 rings (SSSR count). The van der Waals surface area contributed by atoms with E-state index in [2.05, 4.69) is 15.9 Å². The Hall–Kier alpha value is -1.06. The van der Waals surface area contributed by atoms with E-state index in [1.165, 1.54) is 6.07 Å². The van der Waals surface area contributed by atoms with Gasteiger partial charge in [0.25, 0.3) is 0 Å². The molecular weight excluding hydrogens is 343 g/mol. The Kier molecular flexibility index (Phi) is 5.06. The Labute approximate surface area is 131 Å². The maximum absolute atomic E-state index is 13.6. The number of benzene rings is 2. The summed E-state index contributed by atoms with van der Waals surface area (Å²) in [6.45, 7) is 4.51. The van der Waals surface area contributed by atoms with Crippen LogP contribution >= 0.6 is 27.5 Å². The van der Waals surface area contributed by atoms with Gasteiger partial charge in [0.05, 0.1) is 16.5 Å². The van der Waals surface area contributed by atoms with Gasteiger partial charge in [0, 0.05) is 5.56 Å². The van der Waals surface area contributed by atoms with Crippen LogP contribution in [0.5, 0.6) is 5.75 Å². The van der Waals surface area contributed by atoms with E-state index in [4.69, 9.17) is 16.3 Å². The summed E-state index contributed by atoms with van der Waals surface area (Å²) in [7, 11) is 0. The van der Waals surface area contributed by atoms with Crippen LogP contribution in [0.4, 0.5) is 4.39 Å². The molecule has 0 N–H and O–H groups in total. The van der Waals surface area contributed by atoms with E-state index >= 15 is 0 Å². The second-order valence-corrected chi connectivity index (χ2v) is 5.77. The summed E-state index contributed by atoms with van der Waals surface area (Å²) in [4.78, 5) is -0.216. The molecule has 0 fully saturated rings. The van der Waals surface area contributed by atoms with Crippen LogP contribution < -0.4 is 4.74 Å². The van der Waals surface area contributed by atoms with Crippen molar-refractivity contribution in [3.8, 4) is 5.75 Å². The highest BCUT2D eigenvalue weighted by molar-refractivity contribution is 9.09. The first-order valence-electron chi connectivity index (χ1n) is 6.36. The second-order valence-electron chi connectivity index (χ2n) is 4.48. The highest BCUT2D eigenvalue weighted by Gasteiger charge is 2.19. The molecule has 20 heavy (non-hydrogen) atoms. The Morgan fingerprint density at radius 2 is 2.00 bits per heavy atom. The standard InChI is InChI=1S/C16H15BrClFO/c1-3-20-14-8-7-10(2)9-12(14)15(17)11-5-4-6-13(19)16(11)18/h4-9,15H,3H2,1-2H3. The Morgan fingerprint density at radius 3 is 2.70 bits per heavy atom. The minimum Gasteiger partial charge on any atom is -0.494 e. The fourth-order valence-electron chi connectivity index (χ4n) is 2.04. The Morgan fingerprint density at radius 1 is 1.25 bits per heavy atom. The number of alkyl halides is 1. The molecule has 0 amide bonds. The molecule has 1 nitrogen and oxygen atoms in total. The van der Waals surface area contributed by atoms with Crippen LogP contribution in [-0.4, -0.2) is 6.61 Å². The Bertz CT molecular complexity index is 615. The number of hydrogen-bond acceptors (Lipinski definition) is 1.